The third-order valence-corrected chi connectivity index (χ3v) is 3.98. The van der Waals surface area contributed by atoms with Crippen LogP contribution >= 0.6 is 0 Å². The highest BCUT2D eigenvalue weighted by Crippen LogP contribution is 2.39. The number of carbonyl (C=O) groups is 2. The van der Waals surface area contributed by atoms with Crippen molar-refractivity contribution < 1.29 is 45.1 Å². The summed E-state index contributed by atoms with van der Waals surface area (Å²) in [5.74, 6) is -5.06. The number of para-hydroxylation sites is 1. The van der Waals surface area contributed by atoms with Gasteiger partial charge in [-0.1, -0.05) is 24.3 Å². The Bertz CT molecular complexity index is 960. The Kier molecular flexibility index (Phi) is 6.82. The molecule has 2 N–H and O–H groups in total. The van der Waals surface area contributed by atoms with E-state index >= 15 is 0 Å². The molecule has 2 rings (SSSR count). The number of amides is 1. The molecule has 12 heteroatoms. The molecule has 0 fully saturated rings. The molecule has 1 unspecified atom stereocenters. The van der Waals surface area contributed by atoms with Crippen LogP contribution in [-0.4, -0.2) is 30.3 Å². The summed E-state index contributed by atoms with van der Waals surface area (Å²) in [6.45, 7) is 0.566. The van der Waals surface area contributed by atoms with E-state index in [0.29, 0.717) is 12.1 Å². The zero-order valence-electron chi connectivity index (χ0n) is 15.7. The summed E-state index contributed by atoms with van der Waals surface area (Å²) in [7, 11) is 0. The number of halogens is 7. The van der Waals surface area contributed by atoms with E-state index in [1.165, 1.54) is 10.6 Å². The first-order valence-electron chi connectivity index (χ1n) is 8.59. The Hall–Kier alpha value is -3.31. The van der Waals surface area contributed by atoms with Gasteiger partial charge in [-0.25, -0.2) is 9.18 Å². The standard InChI is InChI=1S/C19H15F7N2O3/c1-2-31-16(30)17(19(24,25)26,28-15(29)11-7-3-5-9-13(11)20)27-14-10-6-4-8-12(14)18(21,22)23/h3-10,27H,2H2,1H3,(H,28,29). The van der Waals surface area contributed by atoms with Gasteiger partial charge >= 0.3 is 24.0 Å². The highest BCUT2D eigenvalue weighted by atomic mass is 19.4. The normalized spacial score (nSPS) is 13.8. The molecule has 0 bridgehead atoms. The Balaban J connectivity index is 2.64. The zero-order chi connectivity index (χ0) is 23.4. The third kappa shape index (κ3) is 5.06. The summed E-state index contributed by atoms with van der Waals surface area (Å²) in [6, 6.07) is 6.94. The fourth-order valence-electron chi connectivity index (χ4n) is 2.55. The summed E-state index contributed by atoms with van der Waals surface area (Å²) in [5, 5.41) is 2.72. The van der Waals surface area contributed by atoms with Crippen molar-refractivity contribution in [1.29, 1.82) is 0 Å². The maximum Gasteiger partial charge on any atom is 0.441 e. The quantitative estimate of drug-likeness (QED) is 0.385. The maximum atomic E-state index is 14.1. The molecule has 168 valence electrons. The molecule has 2 aromatic carbocycles. The SMILES string of the molecule is CCOC(=O)C(NC(=O)c1ccccc1F)(Nc1ccccc1C(F)(F)F)C(F)(F)F. The van der Waals surface area contributed by atoms with Crippen LogP contribution in [0.4, 0.5) is 36.4 Å². The highest BCUT2D eigenvalue weighted by Gasteiger charge is 2.64. The van der Waals surface area contributed by atoms with Gasteiger partial charge in [-0.05, 0) is 31.2 Å². The van der Waals surface area contributed by atoms with Crippen LogP contribution in [0.15, 0.2) is 48.5 Å². The van der Waals surface area contributed by atoms with E-state index in [4.69, 9.17) is 0 Å². The average molecular weight is 452 g/mol. The summed E-state index contributed by atoms with van der Waals surface area (Å²) in [6.07, 6.45) is -10.8. The van der Waals surface area contributed by atoms with Gasteiger partial charge in [0, 0.05) is 5.69 Å². The monoisotopic (exact) mass is 452 g/mol. The molecule has 0 saturated carbocycles. The van der Waals surface area contributed by atoms with E-state index in [0.717, 1.165) is 43.3 Å². The molecule has 0 spiro atoms. The lowest BCUT2D eigenvalue weighted by atomic mass is 10.1. The Labute approximate surface area is 171 Å². The summed E-state index contributed by atoms with van der Waals surface area (Å²) >= 11 is 0. The number of carbonyl (C=O) groups excluding carboxylic acids is 2. The molecular weight excluding hydrogens is 437 g/mol. The summed E-state index contributed by atoms with van der Waals surface area (Å²) < 4.78 is 100. The minimum atomic E-state index is -5.70. The molecule has 0 radical (unpaired) electrons. The van der Waals surface area contributed by atoms with Crippen LogP contribution in [0, 0.1) is 5.82 Å². The second kappa shape index (κ2) is 8.82. The molecule has 0 saturated heterocycles. The van der Waals surface area contributed by atoms with E-state index in [2.05, 4.69) is 4.74 Å². The van der Waals surface area contributed by atoms with Gasteiger partial charge < -0.3 is 15.4 Å². The number of rotatable bonds is 6. The Morgan fingerprint density at radius 1 is 0.935 bits per heavy atom. The number of hydrogen-bond donors (Lipinski definition) is 2. The van der Waals surface area contributed by atoms with Crippen molar-refractivity contribution in [3.05, 3.63) is 65.5 Å². The topological polar surface area (TPSA) is 67.4 Å². The van der Waals surface area contributed by atoms with Crippen LogP contribution in [0.5, 0.6) is 0 Å². The molecule has 2 aromatic rings. The number of alkyl halides is 6. The number of nitrogens with one attached hydrogen (secondary N) is 2. The number of benzene rings is 2. The minimum absolute atomic E-state index is 0.479. The van der Waals surface area contributed by atoms with Crippen molar-refractivity contribution >= 4 is 17.6 Å². The van der Waals surface area contributed by atoms with Crippen LogP contribution in [0.2, 0.25) is 0 Å². The lowest BCUT2D eigenvalue weighted by Crippen LogP contribution is -2.69. The molecule has 0 aliphatic rings. The number of anilines is 1. The third-order valence-electron chi connectivity index (χ3n) is 3.98. The predicted molar refractivity (Wildman–Crippen MR) is 94.4 cm³/mol. The van der Waals surface area contributed by atoms with Crippen LogP contribution in [0.1, 0.15) is 22.8 Å². The van der Waals surface area contributed by atoms with E-state index in [-0.39, 0.29) is 0 Å². The molecule has 31 heavy (non-hydrogen) atoms. The molecule has 0 aliphatic heterocycles. The molecule has 0 aromatic heterocycles. The van der Waals surface area contributed by atoms with Crippen molar-refractivity contribution in [3.8, 4) is 0 Å². The van der Waals surface area contributed by atoms with E-state index < -0.39 is 59.1 Å². The van der Waals surface area contributed by atoms with Crippen molar-refractivity contribution in [2.45, 2.75) is 24.9 Å². The zero-order valence-corrected chi connectivity index (χ0v) is 15.7. The van der Waals surface area contributed by atoms with Crippen molar-refractivity contribution in [2.24, 2.45) is 0 Å². The molecule has 0 heterocycles. The van der Waals surface area contributed by atoms with Crippen molar-refractivity contribution in [1.82, 2.24) is 5.32 Å². The van der Waals surface area contributed by atoms with Crippen LogP contribution in [0.25, 0.3) is 0 Å². The van der Waals surface area contributed by atoms with E-state index in [9.17, 15) is 40.3 Å². The van der Waals surface area contributed by atoms with E-state index in [1.54, 1.807) is 0 Å². The molecule has 5 nitrogen and oxygen atoms in total. The van der Waals surface area contributed by atoms with Gasteiger partial charge in [0.05, 0.1) is 17.7 Å². The second-order valence-corrected chi connectivity index (χ2v) is 6.07. The molecule has 1 amide bonds. The average Bonchev–Trinajstić information content (AvgIpc) is 2.66. The summed E-state index contributed by atoms with van der Waals surface area (Å²) in [4.78, 5) is 24.7. The van der Waals surface area contributed by atoms with Crippen molar-refractivity contribution in [3.63, 3.8) is 0 Å². The van der Waals surface area contributed by atoms with Gasteiger partial charge in [-0.15, -0.1) is 0 Å². The Morgan fingerprint density at radius 2 is 1.52 bits per heavy atom. The van der Waals surface area contributed by atoms with Gasteiger partial charge in [0.25, 0.3) is 5.91 Å². The van der Waals surface area contributed by atoms with Gasteiger partial charge in [-0.2, -0.15) is 26.3 Å². The first kappa shape index (κ1) is 24.0. The lowest BCUT2D eigenvalue weighted by molar-refractivity contribution is -0.204. The lowest BCUT2D eigenvalue weighted by Gasteiger charge is -2.36. The van der Waals surface area contributed by atoms with E-state index in [1.807, 2.05) is 0 Å². The number of esters is 1. The second-order valence-electron chi connectivity index (χ2n) is 6.07. The minimum Gasteiger partial charge on any atom is -0.463 e. The van der Waals surface area contributed by atoms with Gasteiger partial charge in [0.2, 0.25) is 0 Å². The molecule has 0 aliphatic carbocycles. The molecule has 1 atom stereocenters. The number of ether oxygens (including phenoxy) is 1. The van der Waals surface area contributed by atoms with Crippen LogP contribution in [-0.2, 0) is 15.7 Å². The fourth-order valence-corrected chi connectivity index (χ4v) is 2.55. The van der Waals surface area contributed by atoms with Crippen LogP contribution < -0.4 is 10.6 Å². The smallest absolute Gasteiger partial charge is 0.441 e. The maximum absolute atomic E-state index is 14.1. The van der Waals surface area contributed by atoms with Gasteiger partial charge in [-0.3, -0.25) is 4.79 Å². The van der Waals surface area contributed by atoms with Gasteiger partial charge in [0.15, 0.2) is 0 Å². The van der Waals surface area contributed by atoms with Gasteiger partial charge in [0.1, 0.15) is 5.82 Å². The highest BCUT2D eigenvalue weighted by molar-refractivity contribution is 5.99. The number of hydrogen-bond acceptors (Lipinski definition) is 4. The summed E-state index contributed by atoms with van der Waals surface area (Å²) in [5.41, 5.74) is -7.71. The molecular formula is C19H15F7N2O3. The first-order valence-corrected chi connectivity index (χ1v) is 8.59. The Morgan fingerprint density at radius 3 is 2.06 bits per heavy atom. The first-order chi connectivity index (χ1) is 14.3. The van der Waals surface area contributed by atoms with Crippen LogP contribution in [0.3, 0.4) is 0 Å². The fraction of sp³-hybridized carbons (Fsp3) is 0.263. The largest absolute Gasteiger partial charge is 0.463 e. The van der Waals surface area contributed by atoms with Crippen molar-refractivity contribution in [2.75, 3.05) is 11.9 Å². The predicted octanol–water partition coefficient (Wildman–Crippen LogP) is 4.51.